The van der Waals surface area contributed by atoms with Gasteiger partial charge in [-0.15, -0.1) is 0 Å². The number of nitrogens with zero attached hydrogens (tertiary/aromatic N) is 1. The highest BCUT2D eigenvalue weighted by Crippen LogP contribution is 2.18. The van der Waals surface area contributed by atoms with Crippen molar-refractivity contribution in [2.45, 2.75) is 12.4 Å². The first-order valence-corrected chi connectivity index (χ1v) is 4.18. The van der Waals surface area contributed by atoms with Crippen molar-refractivity contribution in [2.75, 3.05) is 19.7 Å². The van der Waals surface area contributed by atoms with Crippen molar-refractivity contribution in [3.05, 3.63) is 0 Å². The first-order chi connectivity index (χ1) is 7.91. The minimum absolute atomic E-state index is 0.395. The van der Waals surface area contributed by atoms with Gasteiger partial charge in [0.2, 0.25) is 0 Å². The molecule has 0 saturated heterocycles. The molecule has 0 radical (unpaired) electrons. The second-order valence-corrected chi connectivity index (χ2v) is 3.03. The fourth-order valence-corrected chi connectivity index (χ4v) is 0.800. The van der Waals surface area contributed by atoms with Crippen LogP contribution in [0.5, 0.6) is 0 Å². The number of hydrogen-bond donors (Lipinski definition) is 1. The molecule has 1 N–H and O–H groups in total. The zero-order valence-corrected chi connectivity index (χ0v) is 8.51. The van der Waals surface area contributed by atoms with E-state index in [0.717, 1.165) is 0 Å². The van der Waals surface area contributed by atoms with E-state index in [1.54, 1.807) is 0 Å². The Morgan fingerprint density at radius 3 is 1.89 bits per heavy atom. The minimum Gasteiger partial charge on any atom is -0.480 e. The standard InChI is InChI=1S/C7H7F6NO4/c8-6(9,10)2-14(1-4(15)16)5(17)18-3-7(11,12)13/h1-3H2,(H,15,16). The van der Waals surface area contributed by atoms with Crippen molar-refractivity contribution >= 4 is 12.1 Å². The summed E-state index contributed by atoms with van der Waals surface area (Å²) in [4.78, 5) is 20.6. The summed E-state index contributed by atoms with van der Waals surface area (Å²) < 4.78 is 74.2. The molecule has 0 aromatic carbocycles. The third kappa shape index (κ3) is 8.47. The molecule has 0 aliphatic heterocycles. The summed E-state index contributed by atoms with van der Waals surface area (Å²) in [6.07, 6.45) is -11.9. The van der Waals surface area contributed by atoms with E-state index in [9.17, 15) is 35.9 Å². The number of rotatable bonds is 4. The fraction of sp³-hybridized carbons (Fsp3) is 0.714. The molecule has 0 atom stereocenters. The van der Waals surface area contributed by atoms with Gasteiger partial charge in [0, 0.05) is 0 Å². The van der Waals surface area contributed by atoms with E-state index in [1.807, 2.05) is 0 Å². The van der Waals surface area contributed by atoms with Crippen molar-refractivity contribution in [2.24, 2.45) is 0 Å². The summed E-state index contributed by atoms with van der Waals surface area (Å²) in [6, 6.07) is 0. The first-order valence-electron chi connectivity index (χ1n) is 4.18. The Bertz CT molecular complexity index is 312. The van der Waals surface area contributed by atoms with Crippen LogP contribution in [0.25, 0.3) is 0 Å². The molecule has 5 nitrogen and oxygen atoms in total. The van der Waals surface area contributed by atoms with E-state index in [2.05, 4.69) is 4.74 Å². The Morgan fingerprint density at radius 1 is 1.06 bits per heavy atom. The number of halogens is 6. The van der Waals surface area contributed by atoms with Gasteiger partial charge in [0.1, 0.15) is 13.1 Å². The third-order valence-electron chi connectivity index (χ3n) is 1.31. The van der Waals surface area contributed by atoms with Crippen LogP contribution in [0.2, 0.25) is 0 Å². The Kier molecular flexibility index (Phi) is 5.24. The average Bonchev–Trinajstić information content (AvgIpc) is 2.08. The van der Waals surface area contributed by atoms with Gasteiger partial charge in [0.15, 0.2) is 6.61 Å². The largest absolute Gasteiger partial charge is 0.480 e. The van der Waals surface area contributed by atoms with Crippen LogP contribution < -0.4 is 0 Å². The number of hydrogen-bond acceptors (Lipinski definition) is 3. The van der Waals surface area contributed by atoms with Crippen LogP contribution in [0.15, 0.2) is 0 Å². The van der Waals surface area contributed by atoms with Gasteiger partial charge in [-0.05, 0) is 0 Å². The van der Waals surface area contributed by atoms with E-state index in [1.165, 1.54) is 0 Å². The van der Waals surface area contributed by atoms with E-state index in [0.29, 0.717) is 0 Å². The molecular weight excluding hydrogens is 276 g/mol. The molecule has 0 unspecified atom stereocenters. The van der Waals surface area contributed by atoms with Gasteiger partial charge in [-0.3, -0.25) is 9.69 Å². The van der Waals surface area contributed by atoms with Gasteiger partial charge in [0.25, 0.3) is 0 Å². The Labute approximate surface area is 95.9 Å². The first kappa shape index (κ1) is 16.3. The maximum Gasteiger partial charge on any atom is 0.422 e. The van der Waals surface area contributed by atoms with E-state index >= 15 is 0 Å². The molecule has 0 heterocycles. The molecule has 0 aromatic heterocycles. The molecule has 11 heteroatoms. The van der Waals surface area contributed by atoms with E-state index in [-0.39, 0.29) is 0 Å². The second-order valence-electron chi connectivity index (χ2n) is 3.03. The quantitative estimate of drug-likeness (QED) is 0.796. The smallest absolute Gasteiger partial charge is 0.422 e. The summed E-state index contributed by atoms with van der Waals surface area (Å²) in [7, 11) is 0. The lowest BCUT2D eigenvalue weighted by Gasteiger charge is -2.21. The molecule has 0 fully saturated rings. The number of carboxylic acid groups (broad SMARTS) is 1. The average molecular weight is 283 g/mol. The molecule has 18 heavy (non-hydrogen) atoms. The molecule has 106 valence electrons. The molecule has 0 aromatic rings. The van der Waals surface area contributed by atoms with Crippen molar-refractivity contribution in [3.8, 4) is 0 Å². The molecule has 0 bridgehead atoms. The zero-order valence-electron chi connectivity index (χ0n) is 8.51. The molecule has 0 saturated carbocycles. The molecule has 0 rings (SSSR count). The predicted octanol–water partition coefficient (Wildman–Crippen LogP) is 1.63. The predicted molar refractivity (Wildman–Crippen MR) is 42.7 cm³/mol. The highest BCUT2D eigenvalue weighted by molar-refractivity contribution is 5.76. The number of carboxylic acids is 1. The third-order valence-corrected chi connectivity index (χ3v) is 1.31. The number of aliphatic carboxylic acids is 1. The lowest BCUT2D eigenvalue weighted by atomic mass is 10.5. The summed E-state index contributed by atoms with van der Waals surface area (Å²) in [5.41, 5.74) is 0. The zero-order chi connectivity index (χ0) is 14.6. The van der Waals surface area contributed by atoms with Gasteiger partial charge >= 0.3 is 24.4 Å². The molecule has 0 spiro atoms. The monoisotopic (exact) mass is 283 g/mol. The maximum atomic E-state index is 11.9. The summed E-state index contributed by atoms with van der Waals surface area (Å²) >= 11 is 0. The van der Waals surface area contributed by atoms with Gasteiger partial charge in [-0.1, -0.05) is 0 Å². The van der Waals surface area contributed by atoms with E-state index in [4.69, 9.17) is 5.11 Å². The van der Waals surface area contributed by atoms with Gasteiger partial charge in [-0.25, -0.2) is 4.79 Å². The normalized spacial score (nSPS) is 12.1. The summed E-state index contributed by atoms with van der Waals surface area (Å²) in [6.45, 7) is -5.54. The molecule has 0 aliphatic rings. The highest BCUT2D eigenvalue weighted by atomic mass is 19.4. The Morgan fingerprint density at radius 2 is 1.56 bits per heavy atom. The second kappa shape index (κ2) is 5.78. The number of ether oxygens (including phenoxy) is 1. The van der Waals surface area contributed by atoms with Crippen LogP contribution in [-0.2, 0) is 9.53 Å². The van der Waals surface area contributed by atoms with Crippen molar-refractivity contribution in [3.63, 3.8) is 0 Å². The SMILES string of the molecule is O=C(O)CN(CC(F)(F)F)C(=O)OCC(F)(F)F. The molecule has 1 amide bonds. The highest BCUT2D eigenvalue weighted by Gasteiger charge is 2.36. The van der Waals surface area contributed by atoms with Crippen molar-refractivity contribution < 1.29 is 45.8 Å². The van der Waals surface area contributed by atoms with Crippen molar-refractivity contribution in [1.29, 1.82) is 0 Å². The summed E-state index contributed by atoms with van der Waals surface area (Å²) in [5.74, 6) is -1.82. The van der Waals surface area contributed by atoms with Gasteiger partial charge in [0.05, 0.1) is 0 Å². The maximum absolute atomic E-state index is 11.9. The number of amides is 1. The molecule has 0 aliphatic carbocycles. The van der Waals surface area contributed by atoms with Gasteiger partial charge in [-0.2, -0.15) is 26.3 Å². The minimum atomic E-state index is -4.95. The van der Waals surface area contributed by atoms with Crippen LogP contribution in [0, 0.1) is 0 Å². The number of carbonyl (C=O) groups is 2. The Balaban J connectivity index is 4.55. The van der Waals surface area contributed by atoms with Crippen LogP contribution in [0.4, 0.5) is 31.1 Å². The molecular formula is C7H7F6NO4. The Hall–Kier alpha value is -1.68. The van der Waals surface area contributed by atoms with Crippen LogP contribution in [-0.4, -0.2) is 54.1 Å². The topological polar surface area (TPSA) is 66.8 Å². The fourth-order valence-electron chi connectivity index (χ4n) is 0.800. The summed E-state index contributed by atoms with van der Waals surface area (Å²) in [5, 5.41) is 8.22. The lowest BCUT2D eigenvalue weighted by molar-refractivity contribution is -0.168. The van der Waals surface area contributed by atoms with Crippen LogP contribution >= 0.6 is 0 Å². The van der Waals surface area contributed by atoms with Crippen LogP contribution in [0.3, 0.4) is 0 Å². The van der Waals surface area contributed by atoms with E-state index < -0.39 is 49.0 Å². The van der Waals surface area contributed by atoms with Crippen molar-refractivity contribution in [1.82, 2.24) is 4.90 Å². The van der Waals surface area contributed by atoms with Crippen LogP contribution in [0.1, 0.15) is 0 Å². The number of alkyl halides is 6. The van der Waals surface area contributed by atoms with Gasteiger partial charge < -0.3 is 9.84 Å². The lowest BCUT2D eigenvalue weighted by Crippen LogP contribution is -2.43. The number of carbonyl (C=O) groups excluding carboxylic acids is 1.